The molecular formula is C18H16BrNO2S. The third-order valence-electron chi connectivity index (χ3n) is 3.42. The van der Waals surface area contributed by atoms with Crippen LogP contribution in [0.1, 0.15) is 30.9 Å². The first-order chi connectivity index (χ1) is 10.8. The van der Waals surface area contributed by atoms with Crippen molar-refractivity contribution in [3.8, 4) is 6.07 Å². The van der Waals surface area contributed by atoms with Crippen LogP contribution in [0.25, 0.3) is 6.08 Å². The normalized spacial score (nSPS) is 12.2. The van der Waals surface area contributed by atoms with Crippen LogP contribution in [0.15, 0.2) is 62.8 Å². The summed E-state index contributed by atoms with van der Waals surface area (Å²) >= 11 is 3.26. The van der Waals surface area contributed by atoms with Crippen LogP contribution < -0.4 is 0 Å². The number of hydrogen-bond acceptors (Lipinski definition) is 3. The molecule has 0 fully saturated rings. The van der Waals surface area contributed by atoms with Crippen LogP contribution >= 0.6 is 15.9 Å². The predicted molar refractivity (Wildman–Crippen MR) is 95.4 cm³/mol. The summed E-state index contributed by atoms with van der Waals surface area (Å²) in [6.07, 6.45) is 1.40. The predicted octanol–water partition coefficient (Wildman–Crippen LogP) is 4.91. The first-order valence-electron chi connectivity index (χ1n) is 7.07. The molecule has 0 spiro atoms. The molecule has 0 aliphatic rings. The van der Waals surface area contributed by atoms with Crippen molar-refractivity contribution in [2.24, 2.45) is 0 Å². The van der Waals surface area contributed by atoms with Gasteiger partial charge in [-0.2, -0.15) is 5.26 Å². The molecule has 0 heterocycles. The molecule has 0 atom stereocenters. The van der Waals surface area contributed by atoms with Crippen LogP contribution in [0.4, 0.5) is 0 Å². The highest BCUT2D eigenvalue weighted by Crippen LogP contribution is 2.23. The van der Waals surface area contributed by atoms with Gasteiger partial charge in [0.05, 0.1) is 4.90 Å². The van der Waals surface area contributed by atoms with Gasteiger partial charge in [0.2, 0.25) is 9.84 Å². The fraction of sp³-hybridized carbons (Fsp3) is 0.167. The molecule has 118 valence electrons. The summed E-state index contributed by atoms with van der Waals surface area (Å²) in [4.78, 5) is -0.163. The third-order valence-corrected chi connectivity index (χ3v) is 5.63. The molecule has 0 radical (unpaired) electrons. The van der Waals surface area contributed by atoms with Gasteiger partial charge in [0, 0.05) is 4.47 Å². The van der Waals surface area contributed by atoms with E-state index in [4.69, 9.17) is 0 Å². The number of nitrogens with zero attached hydrogens (tertiary/aromatic N) is 1. The van der Waals surface area contributed by atoms with E-state index in [0.717, 1.165) is 10.0 Å². The molecule has 5 heteroatoms. The molecule has 0 aliphatic heterocycles. The Morgan fingerprint density at radius 2 is 1.65 bits per heavy atom. The first kappa shape index (κ1) is 17.5. The SMILES string of the molecule is CC(C)c1ccc(/C=C(\C#N)S(=O)(=O)c2ccc(Br)cc2)cc1. The molecule has 0 aromatic heterocycles. The molecule has 23 heavy (non-hydrogen) atoms. The minimum absolute atomic E-state index is 0.104. The molecule has 0 amide bonds. The van der Waals surface area contributed by atoms with Crippen LogP contribution in [0.5, 0.6) is 0 Å². The van der Waals surface area contributed by atoms with E-state index in [-0.39, 0.29) is 9.80 Å². The fourth-order valence-electron chi connectivity index (χ4n) is 2.04. The van der Waals surface area contributed by atoms with Crippen LogP contribution in [0, 0.1) is 11.3 Å². The highest BCUT2D eigenvalue weighted by atomic mass is 79.9. The van der Waals surface area contributed by atoms with Crippen molar-refractivity contribution >= 4 is 31.8 Å². The Hall–Kier alpha value is -1.90. The largest absolute Gasteiger partial charge is 0.218 e. The van der Waals surface area contributed by atoms with Gasteiger partial charge in [-0.15, -0.1) is 0 Å². The van der Waals surface area contributed by atoms with Gasteiger partial charge in [-0.05, 0) is 47.4 Å². The standard InChI is InChI=1S/C18H16BrNO2S/c1-13(2)15-5-3-14(4-6-15)11-18(12-20)23(21,22)17-9-7-16(19)8-10-17/h3-11,13H,1-2H3/b18-11+. The quantitative estimate of drug-likeness (QED) is 0.697. The molecule has 0 saturated heterocycles. The van der Waals surface area contributed by atoms with Gasteiger partial charge in [0.25, 0.3) is 0 Å². The van der Waals surface area contributed by atoms with E-state index < -0.39 is 9.84 Å². The Balaban J connectivity index is 2.42. The van der Waals surface area contributed by atoms with E-state index in [1.165, 1.54) is 18.2 Å². The zero-order chi connectivity index (χ0) is 17.0. The summed E-state index contributed by atoms with van der Waals surface area (Å²) in [5.41, 5.74) is 1.85. The molecule has 0 N–H and O–H groups in total. The Bertz CT molecular complexity index is 859. The minimum Gasteiger partial charge on any atom is -0.218 e. The Morgan fingerprint density at radius 1 is 1.09 bits per heavy atom. The van der Waals surface area contributed by atoms with Crippen molar-refractivity contribution < 1.29 is 8.42 Å². The summed E-state index contributed by atoms with van der Waals surface area (Å²) in [5, 5.41) is 9.27. The third kappa shape index (κ3) is 4.10. The van der Waals surface area contributed by atoms with Crippen molar-refractivity contribution in [1.82, 2.24) is 0 Å². The fourth-order valence-corrected chi connectivity index (χ4v) is 3.46. The van der Waals surface area contributed by atoms with E-state index in [2.05, 4.69) is 29.8 Å². The van der Waals surface area contributed by atoms with E-state index in [1.54, 1.807) is 18.2 Å². The van der Waals surface area contributed by atoms with Crippen molar-refractivity contribution in [2.75, 3.05) is 0 Å². The molecule has 2 aromatic carbocycles. The molecule has 0 unspecified atom stereocenters. The van der Waals surface area contributed by atoms with Crippen molar-refractivity contribution in [3.63, 3.8) is 0 Å². The molecule has 2 rings (SSSR count). The summed E-state index contributed by atoms with van der Waals surface area (Å²) in [6.45, 7) is 4.17. The highest BCUT2D eigenvalue weighted by molar-refractivity contribution is 9.10. The molecular weight excluding hydrogens is 374 g/mol. The number of allylic oxidation sites excluding steroid dienone is 1. The maximum Gasteiger partial charge on any atom is 0.216 e. The average molecular weight is 390 g/mol. The molecule has 0 aliphatic carbocycles. The lowest BCUT2D eigenvalue weighted by molar-refractivity contribution is 0.603. The number of benzene rings is 2. The van der Waals surface area contributed by atoms with Gasteiger partial charge < -0.3 is 0 Å². The molecule has 0 bridgehead atoms. The topological polar surface area (TPSA) is 57.9 Å². The monoisotopic (exact) mass is 389 g/mol. The zero-order valence-electron chi connectivity index (χ0n) is 12.8. The van der Waals surface area contributed by atoms with E-state index >= 15 is 0 Å². The molecule has 3 nitrogen and oxygen atoms in total. The van der Waals surface area contributed by atoms with Crippen molar-refractivity contribution in [1.29, 1.82) is 5.26 Å². The second-order valence-corrected chi connectivity index (χ2v) is 8.23. The van der Waals surface area contributed by atoms with Crippen molar-refractivity contribution in [2.45, 2.75) is 24.7 Å². The lowest BCUT2D eigenvalue weighted by Gasteiger charge is -2.06. The highest BCUT2D eigenvalue weighted by Gasteiger charge is 2.20. The van der Waals surface area contributed by atoms with Crippen LogP contribution in [0.2, 0.25) is 0 Å². The summed E-state index contributed by atoms with van der Waals surface area (Å²) in [7, 11) is -3.81. The van der Waals surface area contributed by atoms with Crippen LogP contribution in [-0.4, -0.2) is 8.42 Å². The molecule has 0 saturated carbocycles. The Kier molecular flexibility index (Phi) is 5.40. The number of sulfone groups is 1. The number of halogens is 1. The number of hydrogen-bond donors (Lipinski definition) is 0. The zero-order valence-corrected chi connectivity index (χ0v) is 15.2. The van der Waals surface area contributed by atoms with Gasteiger partial charge in [0.15, 0.2) is 0 Å². The average Bonchev–Trinajstić information content (AvgIpc) is 2.53. The Morgan fingerprint density at radius 3 is 2.13 bits per heavy atom. The number of rotatable bonds is 4. The van der Waals surface area contributed by atoms with Gasteiger partial charge >= 0.3 is 0 Å². The summed E-state index contributed by atoms with van der Waals surface area (Å²) < 4.78 is 25.9. The summed E-state index contributed by atoms with van der Waals surface area (Å²) in [6, 6.07) is 15.6. The van der Waals surface area contributed by atoms with Gasteiger partial charge in [0.1, 0.15) is 11.0 Å². The first-order valence-corrected chi connectivity index (χ1v) is 9.34. The maximum absolute atomic E-state index is 12.5. The minimum atomic E-state index is -3.81. The lowest BCUT2D eigenvalue weighted by Crippen LogP contribution is -2.03. The van der Waals surface area contributed by atoms with Crippen LogP contribution in [-0.2, 0) is 9.84 Å². The smallest absolute Gasteiger partial charge is 0.216 e. The number of nitriles is 1. The second kappa shape index (κ2) is 7.12. The maximum atomic E-state index is 12.5. The molecule has 2 aromatic rings. The van der Waals surface area contributed by atoms with Gasteiger partial charge in [-0.25, -0.2) is 8.42 Å². The van der Waals surface area contributed by atoms with Gasteiger partial charge in [-0.1, -0.05) is 54.0 Å². The van der Waals surface area contributed by atoms with E-state index in [1.807, 2.05) is 24.3 Å². The van der Waals surface area contributed by atoms with E-state index in [0.29, 0.717) is 11.5 Å². The Labute approximate surface area is 145 Å². The second-order valence-electron chi connectivity index (χ2n) is 5.40. The van der Waals surface area contributed by atoms with Crippen LogP contribution in [0.3, 0.4) is 0 Å². The van der Waals surface area contributed by atoms with Crippen molar-refractivity contribution in [3.05, 3.63) is 69.0 Å². The lowest BCUT2D eigenvalue weighted by atomic mass is 10.0. The van der Waals surface area contributed by atoms with Gasteiger partial charge in [-0.3, -0.25) is 0 Å². The van der Waals surface area contributed by atoms with E-state index in [9.17, 15) is 13.7 Å². The summed E-state index contributed by atoms with van der Waals surface area (Å²) in [5.74, 6) is 0.398.